The van der Waals surface area contributed by atoms with Crippen molar-refractivity contribution in [3.05, 3.63) is 90.5 Å². The molecule has 1 atom stereocenters. The van der Waals surface area contributed by atoms with E-state index in [1.807, 2.05) is 77.7 Å². The summed E-state index contributed by atoms with van der Waals surface area (Å²) in [6.45, 7) is 3.48. The number of para-hydroxylation sites is 1. The fourth-order valence-electron chi connectivity index (χ4n) is 3.80. The van der Waals surface area contributed by atoms with Gasteiger partial charge in [-0.25, -0.2) is 9.59 Å². The molecule has 1 aliphatic rings. The van der Waals surface area contributed by atoms with Gasteiger partial charge in [0.25, 0.3) is 0 Å². The number of urea groups is 2. The number of carbonyl (C=O) groups excluding carboxylic acids is 2. The number of nitrogens with zero attached hydrogens (tertiary/aromatic N) is 2. The van der Waals surface area contributed by atoms with Crippen LogP contribution in [0.25, 0.3) is 0 Å². The highest BCUT2D eigenvalue weighted by molar-refractivity contribution is 6.00. The van der Waals surface area contributed by atoms with E-state index in [9.17, 15) is 9.59 Å². The molecule has 3 aromatic rings. The summed E-state index contributed by atoms with van der Waals surface area (Å²) in [5.41, 5.74) is 3.34. The molecule has 0 aliphatic carbocycles. The maximum absolute atomic E-state index is 13.2. The molecule has 6 nitrogen and oxygen atoms in total. The zero-order valence-electron chi connectivity index (χ0n) is 17.5. The van der Waals surface area contributed by atoms with Crippen LogP contribution in [0.2, 0.25) is 0 Å². The molecule has 158 valence electrons. The normalized spacial score (nSPS) is 14.8. The first kappa shape index (κ1) is 20.5. The maximum atomic E-state index is 13.2. The standard InChI is InChI=1S/C25H26N4O2/c1-19(20-9-4-2-5-10-20)28-17-8-18-29(25(28)31)23-15-13-22(14-16-23)27-24(30)26-21-11-6-3-7-12-21/h2-7,9-16,19H,8,17-18H2,1H3,(H2,26,27,30). The topological polar surface area (TPSA) is 64.7 Å². The van der Waals surface area contributed by atoms with Gasteiger partial charge < -0.3 is 15.5 Å². The van der Waals surface area contributed by atoms with Gasteiger partial charge in [-0.3, -0.25) is 4.90 Å². The summed E-state index contributed by atoms with van der Waals surface area (Å²) in [4.78, 5) is 29.1. The smallest absolute Gasteiger partial charge is 0.318 e. The SMILES string of the molecule is CC(c1ccccc1)N1CCCN(c2ccc(NC(=O)Nc3ccccc3)cc2)C1=O. The first-order valence-corrected chi connectivity index (χ1v) is 10.5. The molecule has 1 unspecified atom stereocenters. The minimum Gasteiger partial charge on any atom is -0.318 e. The Kier molecular flexibility index (Phi) is 6.17. The van der Waals surface area contributed by atoms with Crippen LogP contribution in [0, 0.1) is 0 Å². The van der Waals surface area contributed by atoms with Gasteiger partial charge in [-0.1, -0.05) is 48.5 Å². The van der Waals surface area contributed by atoms with E-state index in [1.54, 1.807) is 4.90 Å². The van der Waals surface area contributed by atoms with E-state index >= 15 is 0 Å². The molecular formula is C25H26N4O2. The van der Waals surface area contributed by atoms with E-state index in [0.29, 0.717) is 12.2 Å². The molecule has 0 spiro atoms. The molecule has 1 aliphatic heterocycles. The molecule has 0 radical (unpaired) electrons. The lowest BCUT2D eigenvalue weighted by Crippen LogP contribution is -2.50. The first-order valence-electron chi connectivity index (χ1n) is 10.5. The number of hydrogen-bond acceptors (Lipinski definition) is 2. The van der Waals surface area contributed by atoms with Gasteiger partial charge in [0, 0.05) is 30.2 Å². The van der Waals surface area contributed by atoms with Crippen LogP contribution in [0.15, 0.2) is 84.9 Å². The number of anilines is 3. The largest absolute Gasteiger partial charge is 0.324 e. The van der Waals surface area contributed by atoms with Crippen LogP contribution in [-0.4, -0.2) is 30.1 Å². The lowest BCUT2D eigenvalue weighted by atomic mass is 10.1. The number of amides is 4. The van der Waals surface area contributed by atoms with Gasteiger partial charge in [0.1, 0.15) is 0 Å². The molecule has 4 rings (SSSR count). The first-order chi connectivity index (χ1) is 15.1. The molecule has 4 amide bonds. The van der Waals surface area contributed by atoms with E-state index in [1.165, 1.54) is 0 Å². The van der Waals surface area contributed by atoms with Crippen LogP contribution >= 0.6 is 0 Å². The van der Waals surface area contributed by atoms with Crippen molar-refractivity contribution in [2.24, 2.45) is 0 Å². The van der Waals surface area contributed by atoms with E-state index in [2.05, 4.69) is 29.7 Å². The van der Waals surface area contributed by atoms with E-state index < -0.39 is 0 Å². The third kappa shape index (κ3) is 4.86. The molecule has 0 aromatic heterocycles. The van der Waals surface area contributed by atoms with Crippen molar-refractivity contribution in [3.63, 3.8) is 0 Å². The second-order valence-corrected chi connectivity index (χ2v) is 7.56. The number of rotatable bonds is 5. The molecule has 0 saturated carbocycles. The van der Waals surface area contributed by atoms with Crippen molar-refractivity contribution >= 4 is 29.1 Å². The third-order valence-corrected chi connectivity index (χ3v) is 5.48. The minimum atomic E-state index is -0.309. The maximum Gasteiger partial charge on any atom is 0.324 e. The van der Waals surface area contributed by atoms with Gasteiger partial charge in [-0.2, -0.15) is 0 Å². The Labute approximate surface area is 182 Å². The molecule has 6 heteroatoms. The number of hydrogen-bond donors (Lipinski definition) is 2. The van der Waals surface area contributed by atoms with Gasteiger partial charge in [0.15, 0.2) is 0 Å². The van der Waals surface area contributed by atoms with Gasteiger partial charge >= 0.3 is 12.1 Å². The van der Waals surface area contributed by atoms with E-state index in [-0.39, 0.29) is 18.1 Å². The highest BCUT2D eigenvalue weighted by Gasteiger charge is 2.30. The van der Waals surface area contributed by atoms with Crippen LogP contribution in [-0.2, 0) is 0 Å². The zero-order valence-corrected chi connectivity index (χ0v) is 17.5. The highest BCUT2D eigenvalue weighted by atomic mass is 16.2. The quantitative estimate of drug-likeness (QED) is 0.560. The molecule has 1 fully saturated rings. The Morgan fingerprint density at radius 3 is 2.03 bits per heavy atom. The molecule has 0 bridgehead atoms. The van der Waals surface area contributed by atoms with Gasteiger partial charge in [-0.15, -0.1) is 0 Å². The lowest BCUT2D eigenvalue weighted by Gasteiger charge is -2.39. The van der Waals surface area contributed by atoms with Crippen LogP contribution < -0.4 is 15.5 Å². The lowest BCUT2D eigenvalue weighted by molar-refractivity contribution is 0.175. The van der Waals surface area contributed by atoms with E-state index in [0.717, 1.165) is 29.9 Å². The number of nitrogens with one attached hydrogen (secondary N) is 2. The predicted molar refractivity (Wildman–Crippen MR) is 124 cm³/mol. The number of carbonyl (C=O) groups is 2. The fraction of sp³-hybridized carbons (Fsp3) is 0.200. The molecule has 3 aromatic carbocycles. The fourth-order valence-corrected chi connectivity index (χ4v) is 3.80. The van der Waals surface area contributed by atoms with Crippen molar-refractivity contribution in [1.29, 1.82) is 0 Å². The third-order valence-electron chi connectivity index (χ3n) is 5.48. The minimum absolute atomic E-state index is 0.00475. The summed E-state index contributed by atoms with van der Waals surface area (Å²) in [5, 5.41) is 5.60. The molecule has 1 heterocycles. The monoisotopic (exact) mass is 414 g/mol. The van der Waals surface area contributed by atoms with Crippen molar-refractivity contribution in [1.82, 2.24) is 4.90 Å². The van der Waals surface area contributed by atoms with Gasteiger partial charge in [0.05, 0.1) is 6.04 Å². The van der Waals surface area contributed by atoms with Crippen LogP contribution in [0.5, 0.6) is 0 Å². The van der Waals surface area contributed by atoms with E-state index in [4.69, 9.17) is 0 Å². The van der Waals surface area contributed by atoms with Crippen LogP contribution in [0.1, 0.15) is 24.9 Å². The molecule has 1 saturated heterocycles. The summed E-state index contributed by atoms with van der Waals surface area (Å²) in [7, 11) is 0. The molecule has 31 heavy (non-hydrogen) atoms. The van der Waals surface area contributed by atoms with Crippen molar-refractivity contribution in [2.45, 2.75) is 19.4 Å². The summed E-state index contributed by atoms with van der Waals surface area (Å²) < 4.78 is 0. The summed E-state index contributed by atoms with van der Waals surface area (Å²) in [5.74, 6) is 0. The average Bonchev–Trinajstić information content (AvgIpc) is 2.81. The molecular weight excluding hydrogens is 388 g/mol. The van der Waals surface area contributed by atoms with Crippen molar-refractivity contribution in [3.8, 4) is 0 Å². The Bertz CT molecular complexity index is 1020. The number of benzene rings is 3. The van der Waals surface area contributed by atoms with Crippen LogP contribution in [0.3, 0.4) is 0 Å². The Hall–Kier alpha value is -3.80. The van der Waals surface area contributed by atoms with Gasteiger partial charge in [0.2, 0.25) is 0 Å². The Balaban J connectivity index is 1.41. The summed E-state index contributed by atoms with van der Waals surface area (Å²) >= 11 is 0. The van der Waals surface area contributed by atoms with Crippen LogP contribution in [0.4, 0.5) is 26.7 Å². The van der Waals surface area contributed by atoms with Crippen molar-refractivity contribution < 1.29 is 9.59 Å². The summed E-state index contributed by atoms with van der Waals surface area (Å²) in [6.07, 6.45) is 0.905. The predicted octanol–water partition coefficient (Wildman–Crippen LogP) is 5.72. The average molecular weight is 415 g/mol. The van der Waals surface area contributed by atoms with Crippen molar-refractivity contribution in [2.75, 3.05) is 28.6 Å². The molecule has 2 N–H and O–H groups in total. The Morgan fingerprint density at radius 2 is 1.39 bits per heavy atom. The Morgan fingerprint density at radius 1 is 0.806 bits per heavy atom. The second-order valence-electron chi connectivity index (χ2n) is 7.56. The second kappa shape index (κ2) is 9.34. The zero-order chi connectivity index (χ0) is 21.6. The van der Waals surface area contributed by atoms with Gasteiger partial charge in [-0.05, 0) is 55.3 Å². The highest BCUT2D eigenvalue weighted by Crippen LogP contribution is 2.28. The summed E-state index contributed by atoms with van der Waals surface area (Å²) in [6, 6.07) is 26.4.